The molecule has 1 N–H and O–H groups in total. The molecule has 1 unspecified atom stereocenters. The van der Waals surface area contributed by atoms with Crippen LogP contribution in [0.15, 0.2) is 6.07 Å². The fourth-order valence-corrected chi connectivity index (χ4v) is 2.81. The second-order valence-electron chi connectivity index (χ2n) is 5.67. The summed E-state index contributed by atoms with van der Waals surface area (Å²) in [6.45, 7) is 5.34. The van der Waals surface area contributed by atoms with E-state index in [-0.39, 0.29) is 24.4 Å². The Hall–Kier alpha value is -1.85. The summed E-state index contributed by atoms with van der Waals surface area (Å²) in [5.41, 5.74) is 1.93. The Morgan fingerprint density at radius 2 is 2.15 bits per heavy atom. The van der Waals surface area contributed by atoms with Gasteiger partial charge in [0.25, 0.3) is 0 Å². The number of nitrogens with zero attached hydrogens (tertiary/aromatic N) is 3. The van der Waals surface area contributed by atoms with Crippen molar-refractivity contribution < 1.29 is 9.59 Å². The maximum absolute atomic E-state index is 12.4. The molecule has 0 radical (unpaired) electrons. The highest BCUT2D eigenvalue weighted by molar-refractivity contribution is 5.95. The zero-order chi connectivity index (χ0) is 14.3. The van der Waals surface area contributed by atoms with Crippen molar-refractivity contribution >= 4 is 11.8 Å². The number of carbonyl (C=O) groups is 2. The van der Waals surface area contributed by atoms with Gasteiger partial charge in [0.15, 0.2) is 0 Å². The monoisotopic (exact) mass is 276 g/mol. The summed E-state index contributed by atoms with van der Waals surface area (Å²) in [5.74, 6) is 0.335. The molecule has 6 heteroatoms. The topological polar surface area (TPSA) is 67.2 Å². The van der Waals surface area contributed by atoms with Gasteiger partial charge >= 0.3 is 0 Å². The van der Waals surface area contributed by atoms with E-state index in [1.165, 1.54) is 0 Å². The Bertz CT molecular complexity index is 547. The molecule has 20 heavy (non-hydrogen) atoms. The van der Waals surface area contributed by atoms with Crippen LogP contribution < -0.4 is 5.32 Å². The van der Waals surface area contributed by atoms with Crippen LogP contribution in [0.2, 0.25) is 0 Å². The van der Waals surface area contributed by atoms with Gasteiger partial charge < -0.3 is 10.2 Å². The minimum Gasteiger partial charge on any atom is -0.342 e. The molecule has 1 saturated carbocycles. The van der Waals surface area contributed by atoms with E-state index in [0.717, 1.165) is 30.8 Å². The van der Waals surface area contributed by atoms with Crippen LogP contribution in [0.25, 0.3) is 0 Å². The van der Waals surface area contributed by atoms with Crippen molar-refractivity contribution in [1.29, 1.82) is 0 Å². The van der Waals surface area contributed by atoms with E-state index in [1.54, 1.807) is 4.90 Å². The van der Waals surface area contributed by atoms with Crippen LogP contribution in [0.4, 0.5) is 0 Å². The van der Waals surface area contributed by atoms with Crippen molar-refractivity contribution in [1.82, 2.24) is 20.0 Å². The number of hydrogen-bond acceptors (Lipinski definition) is 3. The number of aromatic nitrogens is 2. The molecule has 3 rings (SSSR count). The molecule has 1 atom stereocenters. The lowest BCUT2D eigenvalue weighted by molar-refractivity contribution is -0.145. The maximum Gasteiger partial charge on any atom is 0.246 e. The van der Waals surface area contributed by atoms with Crippen LogP contribution in [0.3, 0.4) is 0 Å². The fourth-order valence-electron chi connectivity index (χ4n) is 2.81. The van der Waals surface area contributed by atoms with Crippen molar-refractivity contribution in [2.45, 2.75) is 45.8 Å². The molecule has 0 aromatic carbocycles. The molecule has 108 valence electrons. The first-order chi connectivity index (χ1) is 9.58. The average molecular weight is 276 g/mol. The highest BCUT2D eigenvalue weighted by Crippen LogP contribution is 2.34. The van der Waals surface area contributed by atoms with E-state index in [0.29, 0.717) is 12.5 Å². The normalized spacial score (nSPS) is 23.1. The van der Waals surface area contributed by atoms with E-state index < -0.39 is 0 Å². The van der Waals surface area contributed by atoms with E-state index >= 15 is 0 Å². The van der Waals surface area contributed by atoms with E-state index in [1.807, 2.05) is 24.6 Å². The van der Waals surface area contributed by atoms with Crippen molar-refractivity contribution in [3.8, 4) is 0 Å². The molecule has 2 fully saturated rings. The van der Waals surface area contributed by atoms with Crippen LogP contribution >= 0.6 is 0 Å². The second-order valence-corrected chi connectivity index (χ2v) is 5.67. The van der Waals surface area contributed by atoms with Gasteiger partial charge in [-0.3, -0.25) is 14.3 Å². The average Bonchev–Trinajstić information content (AvgIpc) is 3.18. The molecular formula is C14H20N4O2. The lowest BCUT2D eigenvalue weighted by atomic mass is 10.1. The zero-order valence-electron chi connectivity index (χ0n) is 11.9. The lowest BCUT2D eigenvalue weighted by Crippen LogP contribution is -2.58. The first kappa shape index (κ1) is 13.1. The lowest BCUT2D eigenvalue weighted by Gasteiger charge is -2.32. The molecule has 1 aromatic heterocycles. The molecule has 0 spiro atoms. The molecule has 1 aliphatic carbocycles. The molecule has 1 aliphatic heterocycles. The van der Waals surface area contributed by atoms with E-state index in [9.17, 15) is 9.59 Å². The van der Waals surface area contributed by atoms with Gasteiger partial charge in [-0.2, -0.15) is 5.10 Å². The number of nitrogens with one attached hydrogen (secondary N) is 1. The fraction of sp³-hybridized carbons (Fsp3) is 0.643. The highest BCUT2D eigenvalue weighted by Gasteiger charge is 2.42. The third-order valence-corrected chi connectivity index (χ3v) is 3.96. The predicted molar refractivity (Wildman–Crippen MR) is 72.7 cm³/mol. The van der Waals surface area contributed by atoms with Crippen molar-refractivity contribution in [3.63, 3.8) is 0 Å². The van der Waals surface area contributed by atoms with Crippen LogP contribution in [0.5, 0.6) is 0 Å². The van der Waals surface area contributed by atoms with Gasteiger partial charge in [-0.25, -0.2) is 0 Å². The molecule has 6 nitrogen and oxygen atoms in total. The number of carbonyl (C=O) groups excluding carboxylic acids is 2. The molecule has 2 heterocycles. The van der Waals surface area contributed by atoms with Crippen LogP contribution in [0.1, 0.15) is 31.2 Å². The Labute approximate surface area is 118 Å². The number of aryl methyl sites for hydroxylation is 2. The number of piperazine rings is 1. The summed E-state index contributed by atoms with van der Waals surface area (Å²) in [6, 6.07) is 1.67. The molecule has 2 aliphatic rings. The van der Waals surface area contributed by atoms with Gasteiger partial charge in [0.1, 0.15) is 12.6 Å². The number of rotatable bonds is 4. The van der Waals surface area contributed by atoms with Crippen LogP contribution in [0, 0.1) is 12.8 Å². The number of hydrogen-bond donors (Lipinski definition) is 1. The summed E-state index contributed by atoms with van der Waals surface area (Å²) in [7, 11) is 0. The molecule has 2 amide bonds. The summed E-state index contributed by atoms with van der Waals surface area (Å²) >= 11 is 0. The van der Waals surface area contributed by atoms with E-state index in [4.69, 9.17) is 0 Å². The standard InChI is InChI=1S/C14H20N4O2/c1-3-18-11(6-9(2)16-18)7-17-8-12(19)15-13(14(17)20)10-4-5-10/h6,10,13H,3-5,7-8H2,1-2H3,(H,15,19). The van der Waals surface area contributed by atoms with Gasteiger partial charge in [-0.05, 0) is 38.7 Å². The Morgan fingerprint density at radius 1 is 1.40 bits per heavy atom. The van der Waals surface area contributed by atoms with Crippen molar-refractivity contribution in [2.24, 2.45) is 5.92 Å². The Balaban J connectivity index is 1.77. The van der Waals surface area contributed by atoms with Gasteiger partial charge in [-0.15, -0.1) is 0 Å². The third kappa shape index (κ3) is 2.42. The van der Waals surface area contributed by atoms with Crippen molar-refractivity contribution in [2.75, 3.05) is 6.54 Å². The van der Waals surface area contributed by atoms with E-state index in [2.05, 4.69) is 10.4 Å². The summed E-state index contributed by atoms with van der Waals surface area (Å²) in [6.07, 6.45) is 2.08. The summed E-state index contributed by atoms with van der Waals surface area (Å²) in [5, 5.41) is 7.21. The minimum absolute atomic E-state index is 0.0496. The van der Waals surface area contributed by atoms with Crippen LogP contribution in [-0.4, -0.2) is 39.1 Å². The number of amides is 2. The summed E-state index contributed by atoms with van der Waals surface area (Å²) < 4.78 is 1.89. The molecular weight excluding hydrogens is 256 g/mol. The van der Waals surface area contributed by atoms with Gasteiger partial charge in [0.2, 0.25) is 11.8 Å². The van der Waals surface area contributed by atoms with Crippen molar-refractivity contribution in [3.05, 3.63) is 17.5 Å². The minimum atomic E-state index is -0.310. The van der Waals surface area contributed by atoms with Gasteiger partial charge in [0.05, 0.1) is 17.9 Å². The first-order valence-electron chi connectivity index (χ1n) is 7.20. The van der Waals surface area contributed by atoms with Gasteiger partial charge in [-0.1, -0.05) is 0 Å². The second kappa shape index (κ2) is 4.92. The summed E-state index contributed by atoms with van der Waals surface area (Å²) in [4.78, 5) is 25.9. The quantitative estimate of drug-likeness (QED) is 0.868. The maximum atomic E-state index is 12.4. The molecule has 1 saturated heterocycles. The van der Waals surface area contributed by atoms with Crippen LogP contribution in [-0.2, 0) is 22.7 Å². The highest BCUT2D eigenvalue weighted by atomic mass is 16.2. The first-order valence-corrected chi connectivity index (χ1v) is 7.20. The Kier molecular flexibility index (Phi) is 3.23. The smallest absolute Gasteiger partial charge is 0.246 e. The third-order valence-electron chi connectivity index (χ3n) is 3.96. The molecule has 0 bridgehead atoms. The predicted octanol–water partition coefficient (Wildman–Crippen LogP) is 0.448. The van der Waals surface area contributed by atoms with Gasteiger partial charge in [0, 0.05) is 6.54 Å². The molecule has 1 aromatic rings. The zero-order valence-corrected chi connectivity index (χ0v) is 11.9. The SMILES string of the molecule is CCn1nc(C)cc1CN1CC(=O)NC(C2CC2)C1=O. The Morgan fingerprint density at radius 3 is 2.80 bits per heavy atom. The largest absolute Gasteiger partial charge is 0.342 e.